The van der Waals surface area contributed by atoms with Crippen molar-refractivity contribution in [1.29, 1.82) is 0 Å². The lowest BCUT2D eigenvalue weighted by molar-refractivity contribution is 0.673. The molecule has 0 saturated carbocycles. The van der Waals surface area contributed by atoms with Gasteiger partial charge < -0.3 is 10.3 Å². The van der Waals surface area contributed by atoms with Crippen LogP contribution in [0.5, 0.6) is 0 Å². The van der Waals surface area contributed by atoms with Crippen molar-refractivity contribution in [2.24, 2.45) is 0 Å². The minimum absolute atomic E-state index is 0.603. The summed E-state index contributed by atoms with van der Waals surface area (Å²) in [6.45, 7) is 6.30. The summed E-state index contributed by atoms with van der Waals surface area (Å²) in [7, 11) is 0. The Morgan fingerprint density at radius 2 is 2.00 bits per heavy atom. The van der Waals surface area contributed by atoms with E-state index in [0.29, 0.717) is 5.92 Å². The van der Waals surface area contributed by atoms with Gasteiger partial charge in [-0.25, -0.2) is 4.98 Å². The molecule has 0 aliphatic heterocycles. The van der Waals surface area contributed by atoms with Crippen LogP contribution < -0.4 is 5.32 Å². The minimum atomic E-state index is 0.603. The standard InChI is InChI=1S/C15H21N3/c1-12(2)14-5-3-13(4-6-14)11-16-8-7-15-17-9-10-18-15/h3-6,9-10,12,16H,7-8,11H2,1-2H3,(H,17,18). The fourth-order valence-electron chi connectivity index (χ4n) is 1.89. The van der Waals surface area contributed by atoms with Gasteiger partial charge in [0, 0.05) is 31.9 Å². The first-order valence-electron chi connectivity index (χ1n) is 6.53. The molecule has 0 saturated heterocycles. The monoisotopic (exact) mass is 243 g/mol. The van der Waals surface area contributed by atoms with E-state index < -0.39 is 0 Å². The highest BCUT2D eigenvalue weighted by molar-refractivity contribution is 5.24. The highest BCUT2D eigenvalue weighted by Crippen LogP contribution is 2.14. The summed E-state index contributed by atoms with van der Waals surface area (Å²) in [6, 6.07) is 8.84. The molecule has 96 valence electrons. The Kier molecular flexibility index (Phi) is 4.53. The molecule has 2 rings (SSSR count). The van der Waals surface area contributed by atoms with Gasteiger partial charge in [0.15, 0.2) is 0 Å². The van der Waals surface area contributed by atoms with Crippen LogP contribution in [-0.4, -0.2) is 16.5 Å². The van der Waals surface area contributed by atoms with E-state index in [1.165, 1.54) is 11.1 Å². The van der Waals surface area contributed by atoms with Gasteiger partial charge in [-0.15, -0.1) is 0 Å². The summed E-state index contributed by atoms with van der Waals surface area (Å²) in [6.07, 6.45) is 4.59. The molecule has 0 bridgehead atoms. The molecule has 1 heterocycles. The lowest BCUT2D eigenvalue weighted by atomic mass is 10.0. The molecule has 3 nitrogen and oxygen atoms in total. The van der Waals surface area contributed by atoms with Gasteiger partial charge in [0.25, 0.3) is 0 Å². The van der Waals surface area contributed by atoms with E-state index in [2.05, 4.69) is 53.4 Å². The van der Waals surface area contributed by atoms with Gasteiger partial charge in [0.2, 0.25) is 0 Å². The maximum Gasteiger partial charge on any atom is 0.107 e. The quantitative estimate of drug-likeness (QED) is 0.766. The number of imidazole rings is 1. The van der Waals surface area contributed by atoms with E-state index in [1.807, 2.05) is 6.20 Å². The third-order valence-electron chi connectivity index (χ3n) is 3.07. The third-order valence-corrected chi connectivity index (χ3v) is 3.07. The molecule has 1 aromatic heterocycles. The van der Waals surface area contributed by atoms with Crippen LogP contribution in [0.25, 0.3) is 0 Å². The molecule has 0 amide bonds. The zero-order valence-corrected chi connectivity index (χ0v) is 11.1. The van der Waals surface area contributed by atoms with Crippen LogP contribution in [0.15, 0.2) is 36.7 Å². The Hall–Kier alpha value is -1.61. The number of rotatable bonds is 6. The van der Waals surface area contributed by atoms with Crippen LogP contribution in [0.1, 0.15) is 36.7 Å². The molecule has 0 aliphatic carbocycles. The molecule has 1 aromatic carbocycles. The average molecular weight is 243 g/mol. The predicted octanol–water partition coefficient (Wildman–Crippen LogP) is 2.87. The summed E-state index contributed by atoms with van der Waals surface area (Å²) < 4.78 is 0. The van der Waals surface area contributed by atoms with Crippen molar-refractivity contribution in [2.75, 3.05) is 6.54 Å². The van der Waals surface area contributed by atoms with E-state index in [1.54, 1.807) is 6.20 Å². The van der Waals surface area contributed by atoms with Gasteiger partial charge in [-0.05, 0) is 17.0 Å². The first kappa shape index (κ1) is 12.8. The largest absolute Gasteiger partial charge is 0.349 e. The number of benzene rings is 1. The minimum Gasteiger partial charge on any atom is -0.349 e. The number of nitrogens with one attached hydrogen (secondary N) is 2. The maximum absolute atomic E-state index is 4.20. The van der Waals surface area contributed by atoms with E-state index in [4.69, 9.17) is 0 Å². The first-order valence-corrected chi connectivity index (χ1v) is 6.53. The van der Waals surface area contributed by atoms with Crippen molar-refractivity contribution in [3.63, 3.8) is 0 Å². The first-order chi connectivity index (χ1) is 8.75. The SMILES string of the molecule is CC(C)c1ccc(CNCCc2ncc[nH]2)cc1. The molecule has 2 N–H and O–H groups in total. The second-order valence-electron chi connectivity index (χ2n) is 4.86. The summed E-state index contributed by atoms with van der Waals surface area (Å²) in [5.74, 6) is 1.64. The van der Waals surface area contributed by atoms with Crippen molar-refractivity contribution in [3.8, 4) is 0 Å². The van der Waals surface area contributed by atoms with Crippen LogP contribution in [0.3, 0.4) is 0 Å². The molecule has 0 aliphatic rings. The summed E-state index contributed by atoms with van der Waals surface area (Å²) >= 11 is 0. The van der Waals surface area contributed by atoms with Crippen LogP contribution >= 0.6 is 0 Å². The van der Waals surface area contributed by atoms with Crippen molar-refractivity contribution in [2.45, 2.75) is 32.7 Å². The Morgan fingerprint density at radius 3 is 2.61 bits per heavy atom. The topological polar surface area (TPSA) is 40.7 Å². The zero-order valence-electron chi connectivity index (χ0n) is 11.1. The van der Waals surface area contributed by atoms with Crippen LogP contribution in [0.4, 0.5) is 0 Å². The average Bonchev–Trinajstić information content (AvgIpc) is 2.88. The summed E-state index contributed by atoms with van der Waals surface area (Å²) in [4.78, 5) is 7.30. The van der Waals surface area contributed by atoms with Crippen molar-refractivity contribution in [3.05, 3.63) is 53.6 Å². The molecule has 0 radical (unpaired) electrons. The number of nitrogens with zero attached hydrogens (tertiary/aromatic N) is 1. The van der Waals surface area contributed by atoms with E-state index >= 15 is 0 Å². The molecule has 0 unspecified atom stereocenters. The maximum atomic E-state index is 4.20. The highest BCUT2D eigenvalue weighted by Gasteiger charge is 1.99. The summed E-state index contributed by atoms with van der Waals surface area (Å²) in [5, 5.41) is 3.43. The van der Waals surface area contributed by atoms with Gasteiger partial charge in [-0.3, -0.25) is 0 Å². The van der Waals surface area contributed by atoms with Crippen molar-refractivity contribution in [1.82, 2.24) is 15.3 Å². The fraction of sp³-hybridized carbons (Fsp3) is 0.400. The smallest absolute Gasteiger partial charge is 0.107 e. The molecule has 3 heteroatoms. The number of hydrogen-bond donors (Lipinski definition) is 2. The lowest BCUT2D eigenvalue weighted by Gasteiger charge is -2.07. The lowest BCUT2D eigenvalue weighted by Crippen LogP contribution is -2.17. The van der Waals surface area contributed by atoms with Crippen LogP contribution in [-0.2, 0) is 13.0 Å². The predicted molar refractivity (Wildman–Crippen MR) is 74.5 cm³/mol. The van der Waals surface area contributed by atoms with Crippen LogP contribution in [0.2, 0.25) is 0 Å². The van der Waals surface area contributed by atoms with Crippen molar-refractivity contribution >= 4 is 0 Å². The Labute approximate surface area is 109 Å². The van der Waals surface area contributed by atoms with Crippen LogP contribution in [0, 0.1) is 0 Å². The van der Waals surface area contributed by atoms with Gasteiger partial charge >= 0.3 is 0 Å². The Balaban J connectivity index is 1.73. The molecule has 0 atom stereocenters. The second kappa shape index (κ2) is 6.36. The Morgan fingerprint density at radius 1 is 1.22 bits per heavy atom. The molecular weight excluding hydrogens is 222 g/mol. The molecular formula is C15H21N3. The van der Waals surface area contributed by atoms with E-state index in [9.17, 15) is 0 Å². The molecule has 2 aromatic rings. The second-order valence-corrected chi connectivity index (χ2v) is 4.86. The van der Waals surface area contributed by atoms with Crippen molar-refractivity contribution < 1.29 is 0 Å². The molecule has 0 fully saturated rings. The van der Waals surface area contributed by atoms with Gasteiger partial charge in [-0.2, -0.15) is 0 Å². The number of H-pyrrole nitrogens is 1. The molecule has 0 spiro atoms. The van der Waals surface area contributed by atoms with E-state index in [0.717, 1.165) is 25.3 Å². The van der Waals surface area contributed by atoms with Gasteiger partial charge in [-0.1, -0.05) is 38.1 Å². The number of aromatic nitrogens is 2. The number of aromatic amines is 1. The third kappa shape index (κ3) is 3.70. The summed E-state index contributed by atoms with van der Waals surface area (Å²) in [5.41, 5.74) is 2.73. The Bertz CT molecular complexity index is 443. The molecule has 18 heavy (non-hydrogen) atoms. The fourth-order valence-corrected chi connectivity index (χ4v) is 1.89. The number of hydrogen-bond acceptors (Lipinski definition) is 2. The van der Waals surface area contributed by atoms with Gasteiger partial charge in [0.05, 0.1) is 0 Å². The normalized spacial score (nSPS) is 11.1. The highest BCUT2D eigenvalue weighted by atomic mass is 14.9. The zero-order chi connectivity index (χ0) is 12.8. The van der Waals surface area contributed by atoms with Gasteiger partial charge in [0.1, 0.15) is 5.82 Å². The van der Waals surface area contributed by atoms with E-state index in [-0.39, 0.29) is 0 Å².